The van der Waals surface area contributed by atoms with E-state index in [0.29, 0.717) is 19.4 Å². The van der Waals surface area contributed by atoms with E-state index < -0.39 is 17.6 Å². The number of amides is 3. The predicted molar refractivity (Wildman–Crippen MR) is 192 cm³/mol. The average molecular weight is 672 g/mol. The lowest BCUT2D eigenvalue weighted by Crippen LogP contribution is -2.45. The zero-order chi connectivity index (χ0) is 35.2. The highest BCUT2D eigenvalue weighted by Crippen LogP contribution is 2.40. The summed E-state index contributed by atoms with van der Waals surface area (Å²) in [6, 6.07) is 29.1. The van der Waals surface area contributed by atoms with E-state index in [0.717, 1.165) is 55.2 Å². The van der Waals surface area contributed by atoms with Crippen molar-refractivity contribution >= 4 is 23.7 Å². The van der Waals surface area contributed by atoms with Gasteiger partial charge >= 0.3 is 5.97 Å². The second kappa shape index (κ2) is 22.2. The molecule has 3 rings (SSSR count). The zero-order valence-corrected chi connectivity index (χ0v) is 29.1. The Balaban J connectivity index is 1.69. The first kappa shape index (κ1) is 38.9. The number of benzene rings is 3. The highest BCUT2D eigenvalue weighted by atomic mass is 16.5. The fourth-order valence-electron chi connectivity index (χ4n) is 5.65. The molecule has 0 radical (unpaired) electrons. The van der Waals surface area contributed by atoms with Gasteiger partial charge in [0.2, 0.25) is 17.7 Å². The molecule has 264 valence electrons. The summed E-state index contributed by atoms with van der Waals surface area (Å²) in [4.78, 5) is 49.4. The summed E-state index contributed by atoms with van der Waals surface area (Å²) in [5.41, 5.74) is 1.71. The number of hydrogen-bond acceptors (Lipinski definition) is 6. The molecule has 0 heterocycles. The molecule has 9 heteroatoms. The molecule has 3 aromatic carbocycles. The summed E-state index contributed by atoms with van der Waals surface area (Å²) in [5, 5.41) is 8.50. The van der Waals surface area contributed by atoms with Gasteiger partial charge in [0.15, 0.2) is 0 Å². The molecule has 49 heavy (non-hydrogen) atoms. The molecule has 0 spiro atoms. The van der Waals surface area contributed by atoms with E-state index in [1.807, 2.05) is 91.0 Å². The minimum Gasteiger partial charge on any atom is -0.463 e. The second-order valence-electron chi connectivity index (χ2n) is 12.2. The topological polar surface area (TPSA) is 123 Å². The van der Waals surface area contributed by atoms with Crippen LogP contribution in [-0.4, -0.2) is 56.5 Å². The summed E-state index contributed by atoms with van der Waals surface area (Å²) in [7, 11) is 1.51. The van der Waals surface area contributed by atoms with Gasteiger partial charge in [-0.2, -0.15) is 0 Å². The first-order chi connectivity index (χ1) is 23.9. The van der Waals surface area contributed by atoms with Crippen LogP contribution in [0.3, 0.4) is 0 Å². The molecule has 0 saturated carbocycles. The molecule has 3 aromatic rings. The van der Waals surface area contributed by atoms with Gasteiger partial charge in [0.25, 0.3) is 0 Å². The maximum absolute atomic E-state index is 13.2. The van der Waals surface area contributed by atoms with Crippen molar-refractivity contribution in [1.29, 1.82) is 0 Å². The highest BCUT2D eigenvalue weighted by Gasteiger charge is 2.38. The number of unbranched alkanes of at least 4 members (excludes halogenated alkanes) is 5. The van der Waals surface area contributed by atoms with Crippen LogP contribution in [0.25, 0.3) is 0 Å². The standard InChI is InChI=1S/C40H53N3O6/c1-3-4-5-16-25-37(45)42-29-18-9-17-26-38(46)43-35(30-48-39(47)28-27-36(44)41-2)31-49-40(32-19-10-6-11-20-32,33-21-12-7-13-22-33)34-23-14-8-15-24-34/h6-8,10-15,19-24,35H,3-5,9,16-18,25-31H2,1-2H3,(H,41,44)(H,42,45)(H,43,46)/t35-/m1/s1. The Morgan fingerprint density at radius 3 is 1.67 bits per heavy atom. The van der Waals surface area contributed by atoms with Gasteiger partial charge in [0, 0.05) is 32.9 Å². The Bertz CT molecular complexity index is 1300. The van der Waals surface area contributed by atoms with Gasteiger partial charge in [0.1, 0.15) is 12.2 Å². The lowest BCUT2D eigenvalue weighted by Gasteiger charge is -2.37. The number of ether oxygens (including phenoxy) is 2. The van der Waals surface area contributed by atoms with Crippen LogP contribution >= 0.6 is 0 Å². The third-order valence-electron chi connectivity index (χ3n) is 8.35. The van der Waals surface area contributed by atoms with E-state index >= 15 is 0 Å². The number of rotatable bonds is 23. The third kappa shape index (κ3) is 13.5. The van der Waals surface area contributed by atoms with Gasteiger partial charge in [-0.05, 0) is 36.0 Å². The lowest BCUT2D eigenvalue weighted by atomic mass is 9.80. The molecule has 0 fully saturated rings. The van der Waals surface area contributed by atoms with Gasteiger partial charge in [-0.1, -0.05) is 124 Å². The molecule has 0 saturated heterocycles. The third-order valence-corrected chi connectivity index (χ3v) is 8.35. The van der Waals surface area contributed by atoms with E-state index in [1.165, 1.54) is 7.05 Å². The summed E-state index contributed by atoms with van der Waals surface area (Å²) in [6.45, 7) is 2.67. The Morgan fingerprint density at radius 1 is 0.612 bits per heavy atom. The van der Waals surface area contributed by atoms with E-state index in [4.69, 9.17) is 9.47 Å². The molecular weight excluding hydrogens is 618 g/mol. The quantitative estimate of drug-likeness (QED) is 0.0628. The lowest BCUT2D eigenvalue weighted by molar-refractivity contribution is -0.147. The fraction of sp³-hybridized carbons (Fsp3) is 0.450. The fourth-order valence-corrected chi connectivity index (χ4v) is 5.65. The molecule has 0 bridgehead atoms. The van der Waals surface area contributed by atoms with Crippen LogP contribution in [0.1, 0.15) is 94.2 Å². The van der Waals surface area contributed by atoms with Crippen LogP contribution in [0.2, 0.25) is 0 Å². The minimum atomic E-state index is -1.02. The molecule has 9 nitrogen and oxygen atoms in total. The maximum Gasteiger partial charge on any atom is 0.306 e. The van der Waals surface area contributed by atoms with Crippen LogP contribution in [0.15, 0.2) is 91.0 Å². The summed E-state index contributed by atoms with van der Waals surface area (Å²) in [5.74, 6) is -0.885. The number of nitrogens with one attached hydrogen (secondary N) is 3. The van der Waals surface area contributed by atoms with Crippen LogP contribution in [0.5, 0.6) is 0 Å². The van der Waals surface area contributed by atoms with Gasteiger partial charge < -0.3 is 25.4 Å². The van der Waals surface area contributed by atoms with Gasteiger partial charge in [-0.3, -0.25) is 19.2 Å². The van der Waals surface area contributed by atoms with Crippen molar-refractivity contribution in [2.75, 3.05) is 26.8 Å². The van der Waals surface area contributed by atoms with Crippen molar-refractivity contribution in [2.24, 2.45) is 0 Å². The monoisotopic (exact) mass is 671 g/mol. The number of carbonyl (C=O) groups excluding carboxylic acids is 4. The van der Waals surface area contributed by atoms with Crippen molar-refractivity contribution in [3.8, 4) is 0 Å². The Hall–Kier alpha value is -4.50. The Morgan fingerprint density at radius 2 is 1.14 bits per heavy atom. The van der Waals surface area contributed by atoms with Crippen molar-refractivity contribution in [2.45, 2.75) is 89.2 Å². The number of hydrogen-bond donors (Lipinski definition) is 3. The molecule has 0 aromatic heterocycles. The van der Waals surface area contributed by atoms with E-state index in [-0.39, 0.29) is 50.2 Å². The van der Waals surface area contributed by atoms with Crippen molar-refractivity contribution < 1.29 is 28.7 Å². The zero-order valence-electron chi connectivity index (χ0n) is 29.1. The predicted octanol–water partition coefficient (Wildman–Crippen LogP) is 6.20. The molecule has 0 aliphatic rings. The molecule has 0 aliphatic carbocycles. The summed E-state index contributed by atoms with van der Waals surface area (Å²) in [6.07, 6.45) is 7.30. The summed E-state index contributed by atoms with van der Waals surface area (Å²) < 4.78 is 12.5. The van der Waals surface area contributed by atoms with Crippen LogP contribution in [0.4, 0.5) is 0 Å². The van der Waals surface area contributed by atoms with E-state index in [2.05, 4.69) is 22.9 Å². The first-order valence-electron chi connectivity index (χ1n) is 17.6. The van der Waals surface area contributed by atoms with Crippen LogP contribution < -0.4 is 16.0 Å². The number of esters is 1. The summed E-state index contributed by atoms with van der Waals surface area (Å²) >= 11 is 0. The normalized spacial score (nSPS) is 11.7. The second-order valence-corrected chi connectivity index (χ2v) is 12.2. The van der Waals surface area contributed by atoms with Gasteiger partial charge in [0.05, 0.1) is 19.1 Å². The van der Waals surface area contributed by atoms with E-state index in [1.54, 1.807) is 0 Å². The maximum atomic E-state index is 13.2. The largest absolute Gasteiger partial charge is 0.463 e. The molecule has 3 N–H and O–H groups in total. The molecular formula is C40H53N3O6. The van der Waals surface area contributed by atoms with Crippen molar-refractivity contribution in [3.63, 3.8) is 0 Å². The van der Waals surface area contributed by atoms with Crippen LogP contribution in [-0.2, 0) is 34.3 Å². The van der Waals surface area contributed by atoms with Gasteiger partial charge in [-0.15, -0.1) is 0 Å². The number of carbonyl (C=O) groups is 4. The molecule has 0 unspecified atom stereocenters. The van der Waals surface area contributed by atoms with E-state index in [9.17, 15) is 19.2 Å². The molecule has 1 atom stereocenters. The Kier molecular flexibility index (Phi) is 17.6. The molecule has 3 amide bonds. The van der Waals surface area contributed by atoms with Gasteiger partial charge in [-0.25, -0.2) is 0 Å². The highest BCUT2D eigenvalue weighted by molar-refractivity contribution is 5.81. The smallest absolute Gasteiger partial charge is 0.306 e. The average Bonchev–Trinajstić information content (AvgIpc) is 3.14. The molecule has 0 aliphatic heterocycles. The minimum absolute atomic E-state index is 0.0152. The van der Waals surface area contributed by atoms with Crippen molar-refractivity contribution in [1.82, 2.24) is 16.0 Å². The SMILES string of the molecule is CCCCCCC(=O)NCCCCCC(=O)N[C@H](COC(=O)CCC(=O)NC)COC(c1ccccc1)(c1ccccc1)c1ccccc1. The van der Waals surface area contributed by atoms with Crippen LogP contribution in [0, 0.1) is 0 Å². The Labute approximate surface area is 291 Å². The first-order valence-corrected chi connectivity index (χ1v) is 17.6. The van der Waals surface area contributed by atoms with Crippen molar-refractivity contribution in [3.05, 3.63) is 108 Å².